The first kappa shape index (κ1) is 11.1. The Morgan fingerprint density at radius 3 is 2.56 bits per heavy atom. The molecule has 0 fully saturated rings. The lowest BCUT2D eigenvalue weighted by Crippen LogP contribution is -2.14. The molecule has 0 spiro atoms. The Bertz CT molecular complexity index is 525. The number of imidazole rings is 1. The van der Waals surface area contributed by atoms with E-state index in [4.69, 9.17) is 5.73 Å². The van der Waals surface area contributed by atoms with Gasteiger partial charge in [0.15, 0.2) is 0 Å². The summed E-state index contributed by atoms with van der Waals surface area (Å²) >= 11 is 0. The van der Waals surface area contributed by atoms with Crippen LogP contribution in [-0.2, 0) is 7.05 Å². The highest BCUT2D eigenvalue weighted by Gasteiger charge is 2.13. The Labute approximate surface area is 96.3 Å². The minimum Gasteiger partial charge on any atom is -0.330 e. The molecule has 0 bridgehead atoms. The quantitative estimate of drug-likeness (QED) is 0.840. The van der Waals surface area contributed by atoms with Crippen LogP contribution < -0.4 is 5.73 Å². The van der Waals surface area contributed by atoms with Crippen molar-refractivity contribution >= 4 is 11.0 Å². The molecule has 1 heterocycles. The average Bonchev–Trinajstić information content (AvgIpc) is 2.56. The van der Waals surface area contributed by atoms with Crippen LogP contribution in [0.25, 0.3) is 11.0 Å². The van der Waals surface area contributed by atoms with Crippen LogP contribution in [0.2, 0.25) is 0 Å². The molecule has 2 N–H and O–H groups in total. The van der Waals surface area contributed by atoms with Gasteiger partial charge < -0.3 is 10.3 Å². The van der Waals surface area contributed by atoms with Crippen molar-refractivity contribution in [2.24, 2.45) is 12.8 Å². The van der Waals surface area contributed by atoms with E-state index >= 15 is 0 Å². The van der Waals surface area contributed by atoms with E-state index < -0.39 is 0 Å². The molecular weight excluding hydrogens is 198 g/mol. The molecule has 3 nitrogen and oxygen atoms in total. The van der Waals surface area contributed by atoms with Crippen LogP contribution in [0, 0.1) is 13.8 Å². The van der Waals surface area contributed by atoms with Crippen molar-refractivity contribution in [2.75, 3.05) is 0 Å². The first-order valence-corrected chi connectivity index (χ1v) is 5.73. The normalized spacial score (nSPS) is 13.3. The van der Waals surface area contributed by atoms with E-state index in [1.165, 1.54) is 16.6 Å². The molecule has 1 unspecified atom stereocenters. The second kappa shape index (κ2) is 3.91. The fourth-order valence-corrected chi connectivity index (χ4v) is 1.98. The fraction of sp³-hybridized carbons (Fsp3) is 0.462. The summed E-state index contributed by atoms with van der Waals surface area (Å²) in [6, 6.07) is 4.35. The highest BCUT2D eigenvalue weighted by molar-refractivity contribution is 5.78. The Morgan fingerprint density at radius 1 is 1.31 bits per heavy atom. The van der Waals surface area contributed by atoms with E-state index in [-0.39, 0.29) is 6.04 Å². The van der Waals surface area contributed by atoms with Crippen LogP contribution in [-0.4, -0.2) is 9.55 Å². The molecule has 0 aliphatic rings. The van der Waals surface area contributed by atoms with E-state index in [1.54, 1.807) is 0 Å². The zero-order valence-corrected chi connectivity index (χ0v) is 10.4. The van der Waals surface area contributed by atoms with Crippen LogP contribution in [0.3, 0.4) is 0 Å². The molecule has 1 aromatic carbocycles. The van der Waals surface area contributed by atoms with E-state index in [0.29, 0.717) is 0 Å². The summed E-state index contributed by atoms with van der Waals surface area (Å²) in [6.45, 7) is 6.32. The number of nitrogens with zero attached hydrogens (tertiary/aromatic N) is 2. The molecule has 0 saturated carbocycles. The van der Waals surface area contributed by atoms with Gasteiger partial charge in [0.2, 0.25) is 0 Å². The summed E-state index contributed by atoms with van der Waals surface area (Å²) < 4.78 is 2.11. The largest absolute Gasteiger partial charge is 0.330 e. The number of hydrogen-bond donors (Lipinski definition) is 1. The molecule has 0 amide bonds. The van der Waals surface area contributed by atoms with Gasteiger partial charge in [0.1, 0.15) is 5.82 Å². The second-order valence-corrected chi connectivity index (χ2v) is 4.47. The Hall–Kier alpha value is -1.35. The number of aromatic nitrogens is 2. The maximum Gasteiger partial charge on any atom is 0.126 e. The summed E-state index contributed by atoms with van der Waals surface area (Å²) in [4.78, 5) is 4.62. The number of fused-ring (bicyclic) bond motifs is 1. The van der Waals surface area contributed by atoms with E-state index in [0.717, 1.165) is 17.8 Å². The van der Waals surface area contributed by atoms with Crippen molar-refractivity contribution in [3.8, 4) is 0 Å². The van der Waals surface area contributed by atoms with Crippen LogP contribution in [0.4, 0.5) is 0 Å². The Balaban J connectivity index is 2.68. The first-order valence-electron chi connectivity index (χ1n) is 5.73. The standard InChI is InChI=1S/C13H19N3/c1-5-10(14)13-15-11-6-8(2)9(3)7-12(11)16(13)4/h6-7,10H,5,14H2,1-4H3. The molecule has 16 heavy (non-hydrogen) atoms. The zero-order valence-electron chi connectivity index (χ0n) is 10.4. The number of nitrogens with two attached hydrogens (primary N) is 1. The van der Waals surface area contributed by atoms with Crippen molar-refractivity contribution in [3.63, 3.8) is 0 Å². The summed E-state index contributed by atoms with van der Waals surface area (Å²) in [7, 11) is 2.04. The van der Waals surface area contributed by atoms with E-state index in [1.807, 2.05) is 7.05 Å². The third-order valence-corrected chi connectivity index (χ3v) is 3.30. The number of aryl methyl sites for hydroxylation is 3. The Morgan fingerprint density at radius 2 is 1.94 bits per heavy atom. The van der Waals surface area contributed by atoms with Gasteiger partial charge in [-0.1, -0.05) is 6.92 Å². The van der Waals surface area contributed by atoms with Gasteiger partial charge in [-0.25, -0.2) is 4.98 Å². The predicted molar refractivity (Wildman–Crippen MR) is 67.4 cm³/mol. The molecule has 0 radical (unpaired) electrons. The molecule has 86 valence electrons. The maximum atomic E-state index is 6.05. The van der Waals surface area contributed by atoms with E-state index in [9.17, 15) is 0 Å². The van der Waals surface area contributed by atoms with Gasteiger partial charge in [-0.3, -0.25) is 0 Å². The van der Waals surface area contributed by atoms with Gasteiger partial charge in [0, 0.05) is 7.05 Å². The van der Waals surface area contributed by atoms with Gasteiger partial charge >= 0.3 is 0 Å². The average molecular weight is 217 g/mol. The predicted octanol–water partition coefficient (Wildman–Crippen LogP) is 2.60. The van der Waals surface area contributed by atoms with Crippen molar-refractivity contribution < 1.29 is 0 Å². The first-order chi connectivity index (χ1) is 7.54. The fourth-order valence-electron chi connectivity index (χ4n) is 1.98. The number of hydrogen-bond acceptors (Lipinski definition) is 2. The molecular formula is C13H19N3. The lowest BCUT2D eigenvalue weighted by Gasteiger charge is -2.08. The van der Waals surface area contributed by atoms with Crippen LogP contribution in [0.15, 0.2) is 12.1 Å². The molecule has 0 aliphatic carbocycles. The van der Waals surface area contributed by atoms with Crippen LogP contribution in [0.5, 0.6) is 0 Å². The van der Waals surface area contributed by atoms with Gasteiger partial charge in [0.05, 0.1) is 17.1 Å². The van der Waals surface area contributed by atoms with E-state index in [2.05, 4.69) is 42.5 Å². The monoisotopic (exact) mass is 217 g/mol. The minimum absolute atomic E-state index is 0.0259. The van der Waals surface area contributed by atoms with Crippen molar-refractivity contribution in [2.45, 2.75) is 33.2 Å². The lowest BCUT2D eigenvalue weighted by molar-refractivity contribution is 0.623. The number of benzene rings is 1. The molecule has 1 atom stereocenters. The van der Waals surface area contributed by atoms with Crippen LogP contribution >= 0.6 is 0 Å². The molecule has 3 heteroatoms. The molecule has 2 rings (SSSR count). The smallest absolute Gasteiger partial charge is 0.126 e. The zero-order chi connectivity index (χ0) is 11.9. The molecule has 2 aromatic rings. The summed E-state index contributed by atoms with van der Waals surface area (Å²) in [5, 5.41) is 0. The maximum absolute atomic E-state index is 6.05. The third-order valence-electron chi connectivity index (χ3n) is 3.30. The summed E-state index contributed by atoms with van der Waals surface area (Å²) in [5.74, 6) is 0.975. The Kier molecular flexibility index (Phi) is 2.72. The van der Waals surface area contributed by atoms with Gasteiger partial charge in [0.25, 0.3) is 0 Å². The summed E-state index contributed by atoms with van der Waals surface area (Å²) in [6.07, 6.45) is 0.912. The lowest BCUT2D eigenvalue weighted by atomic mass is 10.1. The highest BCUT2D eigenvalue weighted by atomic mass is 15.1. The summed E-state index contributed by atoms with van der Waals surface area (Å²) in [5.41, 5.74) is 10.8. The van der Waals surface area contributed by atoms with Crippen LogP contribution in [0.1, 0.15) is 36.3 Å². The molecule has 0 saturated heterocycles. The van der Waals surface area contributed by atoms with Gasteiger partial charge in [-0.15, -0.1) is 0 Å². The minimum atomic E-state index is 0.0259. The van der Waals surface area contributed by atoms with Gasteiger partial charge in [-0.05, 0) is 43.5 Å². The highest BCUT2D eigenvalue weighted by Crippen LogP contribution is 2.22. The number of rotatable bonds is 2. The molecule has 1 aromatic heterocycles. The SMILES string of the molecule is CCC(N)c1nc2cc(C)c(C)cc2n1C. The van der Waals surface area contributed by atoms with Gasteiger partial charge in [-0.2, -0.15) is 0 Å². The van der Waals surface area contributed by atoms with Crippen molar-refractivity contribution in [1.82, 2.24) is 9.55 Å². The van der Waals surface area contributed by atoms with Crippen molar-refractivity contribution in [1.29, 1.82) is 0 Å². The third kappa shape index (κ3) is 1.61. The topological polar surface area (TPSA) is 43.8 Å². The second-order valence-electron chi connectivity index (χ2n) is 4.47. The molecule has 0 aliphatic heterocycles. The van der Waals surface area contributed by atoms with Crippen molar-refractivity contribution in [3.05, 3.63) is 29.1 Å².